The van der Waals surface area contributed by atoms with E-state index in [1.54, 1.807) is 6.07 Å². The van der Waals surface area contributed by atoms with Gasteiger partial charge in [0.2, 0.25) is 0 Å². The Morgan fingerprint density at radius 2 is 1.72 bits per heavy atom. The summed E-state index contributed by atoms with van der Waals surface area (Å²) in [6.07, 6.45) is 1.24. The molecule has 18 heavy (non-hydrogen) atoms. The van der Waals surface area contributed by atoms with Crippen LogP contribution in [0.2, 0.25) is 0 Å². The molecule has 1 aromatic heterocycles. The number of nitrogens with zero attached hydrogens (tertiary/aromatic N) is 3. The van der Waals surface area contributed by atoms with Crippen LogP contribution in [0, 0.1) is 19.7 Å². The molecule has 0 aliphatic rings. The lowest BCUT2D eigenvalue weighted by molar-refractivity contribution is 0.630. The van der Waals surface area contributed by atoms with E-state index in [-0.39, 0.29) is 11.5 Å². The number of aromatic nitrogens is 3. The number of anilines is 1. The molecule has 4 nitrogen and oxygen atoms in total. The third kappa shape index (κ3) is 2.80. The summed E-state index contributed by atoms with van der Waals surface area (Å²) in [6, 6.07) is 4.83. The minimum Gasteiger partial charge on any atom is -0.396 e. The van der Waals surface area contributed by atoms with Gasteiger partial charge < -0.3 is 5.73 Å². The highest BCUT2D eigenvalue weighted by atomic mass is 19.1. The van der Waals surface area contributed by atoms with E-state index >= 15 is 0 Å². The number of para-hydroxylation sites is 1. The average molecular weight is 246 g/mol. The Bertz CT molecular complexity index is 549. The Labute approximate surface area is 105 Å². The Morgan fingerprint density at radius 3 is 2.39 bits per heavy atom. The van der Waals surface area contributed by atoms with Crippen molar-refractivity contribution in [1.29, 1.82) is 0 Å². The van der Waals surface area contributed by atoms with Crippen molar-refractivity contribution in [2.45, 2.75) is 26.7 Å². The monoisotopic (exact) mass is 246 g/mol. The van der Waals surface area contributed by atoms with Crippen molar-refractivity contribution in [2.24, 2.45) is 0 Å². The van der Waals surface area contributed by atoms with Gasteiger partial charge in [-0.1, -0.05) is 12.1 Å². The molecule has 94 valence electrons. The number of halogens is 1. The Morgan fingerprint density at radius 1 is 1.06 bits per heavy atom. The van der Waals surface area contributed by atoms with Crippen LogP contribution >= 0.6 is 0 Å². The van der Waals surface area contributed by atoms with Gasteiger partial charge in [0.15, 0.2) is 0 Å². The summed E-state index contributed by atoms with van der Waals surface area (Å²) in [5.41, 5.74) is 6.67. The van der Waals surface area contributed by atoms with Crippen LogP contribution in [0.5, 0.6) is 0 Å². The molecular formula is C13H15FN4. The first-order chi connectivity index (χ1) is 8.56. The molecule has 5 heteroatoms. The number of aryl methyl sites for hydroxylation is 4. The van der Waals surface area contributed by atoms with Crippen molar-refractivity contribution in [2.75, 3.05) is 5.73 Å². The zero-order chi connectivity index (χ0) is 13.1. The number of nitrogens with two attached hydrogens (primary N) is 1. The first-order valence-electron chi connectivity index (χ1n) is 5.77. The van der Waals surface area contributed by atoms with Gasteiger partial charge in [0, 0.05) is 6.42 Å². The third-order valence-corrected chi connectivity index (χ3v) is 2.67. The molecule has 0 aliphatic heterocycles. The second-order valence-corrected chi connectivity index (χ2v) is 4.16. The molecule has 0 unspecified atom stereocenters. The molecule has 0 fully saturated rings. The van der Waals surface area contributed by atoms with Gasteiger partial charge in [-0.15, -0.1) is 0 Å². The van der Waals surface area contributed by atoms with Gasteiger partial charge in [-0.3, -0.25) is 0 Å². The summed E-state index contributed by atoms with van der Waals surface area (Å²) in [5.74, 6) is 1.73. The van der Waals surface area contributed by atoms with Gasteiger partial charge in [0.1, 0.15) is 23.3 Å². The van der Waals surface area contributed by atoms with Crippen LogP contribution < -0.4 is 5.73 Å². The van der Waals surface area contributed by atoms with Crippen molar-refractivity contribution in [3.8, 4) is 0 Å². The van der Waals surface area contributed by atoms with E-state index in [0.717, 1.165) is 5.56 Å². The lowest BCUT2D eigenvalue weighted by Gasteiger charge is -2.06. The van der Waals surface area contributed by atoms with Crippen LogP contribution in [0.25, 0.3) is 0 Å². The molecule has 0 spiro atoms. The van der Waals surface area contributed by atoms with Crippen molar-refractivity contribution >= 4 is 5.69 Å². The van der Waals surface area contributed by atoms with Gasteiger partial charge in [-0.2, -0.15) is 0 Å². The van der Waals surface area contributed by atoms with Gasteiger partial charge in [-0.05, 0) is 31.9 Å². The highest BCUT2D eigenvalue weighted by molar-refractivity contribution is 5.48. The molecule has 0 atom stereocenters. The molecule has 2 aromatic rings. The van der Waals surface area contributed by atoms with Crippen LogP contribution in [0.1, 0.15) is 23.0 Å². The minimum atomic E-state index is -0.379. The van der Waals surface area contributed by atoms with Crippen molar-refractivity contribution < 1.29 is 4.39 Å². The van der Waals surface area contributed by atoms with E-state index in [1.165, 1.54) is 6.07 Å². The second kappa shape index (κ2) is 5.08. The highest BCUT2D eigenvalue weighted by Gasteiger charge is 2.06. The van der Waals surface area contributed by atoms with E-state index in [1.807, 2.05) is 19.9 Å². The normalized spacial score (nSPS) is 10.6. The largest absolute Gasteiger partial charge is 0.396 e. The quantitative estimate of drug-likeness (QED) is 0.841. The molecule has 2 N–H and O–H groups in total. The number of rotatable bonds is 3. The van der Waals surface area contributed by atoms with Crippen LogP contribution in [0.4, 0.5) is 10.1 Å². The van der Waals surface area contributed by atoms with Crippen LogP contribution in [0.3, 0.4) is 0 Å². The molecule has 0 bridgehead atoms. The summed E-state index contributed by atoms with van der Waals surface area (Å²) in [4.78, 5) is 12.6. The summed E-state index contributed by atoms with van der Waals surface area (Å²) in [5, 5.41) is 0. The Balaban J connectivity index is 2.14. The predicted molar refractivity (Wildman–Crippen MR) is 67.5 cm³/mol. The molecule has 0 aliphatic carbocycles. The Hall–Kier alpha value is -2.04. The van der Waals surface area contributed by atoms with Gasteiger partial charge in [0.05, 0.1) is 5.69 Å². The first-order valence-corrected chi connectivity index (χ1v) is 5.77. The molecule has 2 rings (SSSR count). The fourth-order valence-electron chi connectivity index (χ4n) is 1.84. The smallest absolute Gasteiger partial charge is 0.146 e. The van der Waals surface area contributed by atoms with Gasteiger partial charge in [-0.25, -0.2) is 19.3 Å². The molecule has 0 saturated heterocycles. The lowest BCUT2D eigenvalue weighted by atomic mass is 10.1. The maximum Gasteiger partial charge on any atom is 0.146 e. The first kappa shape index (κ1) is 12.4. The predicted octanol–water partition coefficient (Wildman–Crippen LogP) is 1.99. The van der Waals surface area contributed by atoms with Crippen LogP contribution in [-0.2, 0) is 12.8 Å². The lowest BCUT2D eigenvalue weighted by Crippen LogP contribution is -2.05. The van der Waals surface area contributed by atoms with Gasteiger partial charge in [0.25, 0.3) is 0 Å². The average Bonchev–Trinajstić information content (AvgIpc) is 2.30. The van der Waals surface area contributed by atoms with Crippen LogP contribution in [0.15, 0.2) is 18.2 Å². The van der Waals surface area contributed by atoms with E-state index in [4.69, 9.17) is 5.73 Å². The summed E-state index contributed by atoms with van der Waals surface area (Å²) in [7, 11) is 0. The molecule has 0 amide bonds. The number of benzene rings is 1. The Kier molecular flexibility index (Phi) is 3.50. The van der Waals surface area contributed by atoms with Crippen molar-refractivity contribution in [3.05, 3.63) is 47.1 Å². The van der Waals surface area contributed by atoms with E-state index in [2.05, 4.69) is 15.0 Å². The number of hydrogen-bond donors (Lipinski definition) is 1. The second-order valence-electron chi connectivity index (χ2n) is 4.16. The summed E-state index contributed by atoms with van der Waals surface area (Å²) in [6.45, 7) is 3.66. The minimum absolute atomic E-state index is 0.208. The SMILES string of the molecule is Cc1nc(C)nc(CCc2cccc(F)c2N)n1. The number of nitrogen functional groups attached to an aromatic ring is 1. The molecular weight excluding hydrogens is 231 g/mol. The van der Waals surface area contributed by atoms with E-state index in [9.17, 15) is 4.39 Å². The zero-order valence-corrected chi connectivity index (χ0v) is 10.4. The van der Waals surface area contributed by atoms with Crippen molar-refractivity contribution in [3.63, 3.8) is 0 Å². The number of hydrogen-bond acceptors (Lipinski definition) is 4. The third-order valence-electron chi connectivity index (χ3n) is 2.67. The molecule has 0 saturated carbocycles. The fourth-order valence-corrected chi connectivity index (χ4v) is 1.84. The van der Waals surface area contributed by atoms with E-state index in [0.29, 0.717) is 30.3 Å². The topological polar surface area (TPSA) is 64.7 Å². The fraction of sp³-hybridized carbons (Fsp3) is 0.308. The maximum atomic E-state index is 13.3. The summed E-state index contributed by atoms with van der Waals surface area (Å²) >= 11 is 0. The highest BCUT2D eigenvalue weighted by Crippen LogP contribution is 2.17. The maximum absolute atomic E-state index is 13.3. The zero-order valence-electron chi connectivity index (χ0n) is 10.4. The summed E-state index contributed by atoms with van der Waals surface area (Å²) < 4.78 is 13.3. The standard InChI is InChI=1S/C13H15FN4/c1-8-16-9(2)18-12(17-8)7-6-10-4-3-5-11(14)13(10)15/h3-5H,6-7,15H2,1-2H3. The van der Waals surface area contributed by atoms with Crippen molar-refractivity contribution in [1.82, 2.24) is 15.0 Å². The molecule has 0 radical (unpaired) electrons. The van der Waals surface area contributed by atoms with Crippen LogP contribution in [-0.4, -0.2) is 15.0 Å². The van der Waals surface area contributed by atoms with E-state index < -0.39 is 0 Å². The molecule has 1 heterocycles. The molecule has 1 aromatic carbocycles. The van der Waals surface area contributed by atoms with Gasteiger partial charge >= 0.3 is 0 Å².